The molecule has 0 aliphatic rings. The number of ether oxygens (including phenoxy) is 2. The summed E-state index contributed by atoms with van der Waals surface area (Å²) in [4.78, 5) is 23.5. The van der Waals surface area contributed by atoms with E-state index in [1.54, 1.807) is 6.07 Å². The monoisotopic (exact) mass is 797 g/mol. The second-order valence-corrected chi connectivity index (χ2v) is 10.4. The van der Waals surface area contributed by atoms with E-state index in [1.807, 2.05) is 67.8 Å². The Morgan fingerprint density at radius 1 is 1.10 bits per heavy atom. The molecular weight excluding hydrogens is 788 g/mol. The van der Waals surface area contributed by atoms with Crippen molar-refractivity contribution in [3.05, 3.63) is 28.4 Å². The largest absolute Gasteiger partial charge is 0.743 e. The van der Waals surface area contributed by atoms with Gasteiger partial charge in [0.15, 0.2) is 10.1 Å². The Bertz CT molecular complexity index is 921. The fourth-order valence-electron chi connectivity index (χ4n) is 1.81. The summed E-state index contributed by atoms with van der Waals surface area (Å²) >= 11 is 5.87. The zero-order chi connectivity index (χ0) is 23.5. The number of carbonyl (C=O) groups excluding carboxylic acids is 2. The van der Waals surface area contributed by atoms with E-state index in [9.17, 15) is 44.5 Å². The Kier molecular flexibility index (Phi) is 9.95. The fraction of sp³-hybridized carbons (Fsp3) is 0.429. The lowest BCUT2D eigenvalue weighted by atomic mass is 10.2. The van der Waals surface area contributed by atoms with E-state index in [0.717, 1.165) is 7.14 Å². The SMILES string of the molecule is O=C(CCCOC(=O)c1cc(I)cc(I)c1I)OC(C(F)(F)F)C(F)(F)S(=O)(=O)[O-]. The van der Waals surface area contributed by atoms with Crippen LogP contribution < -0.4 is 0 Å². The van der Waals surface area contributed by atoms with Crippen molar-refractivity contribution in [3.63, 3.8) is 0 Å². The summed E-state index contributed by atoms with van der Waals surface area (Å²) in [6, 6.07) is 3.32. The second-order valence-electron chi connectivity index (χ2n) is 5.42. The van der Waals surface area contributed by atoms with Gasteiger partial charge in [0.05, 0.1) is 12.2 Å². The van der Waals surface area contributed by atoms with Crippen molar-refractivity contribution in [2.75, 3.05) is 6.61 Å². The molecule has 0 bridgehead atoms. The van der Waals surface area contributed by atoms with E-state index in [2.05, 4.69) is 4.74 Å². The minimum atomic E-state index is -6.76. The topological polar surface area (TPSA) is 110 Å². The van der Waals surface area contributed by atoms with E-state index < -0.39 is 59.0 Å². The van der Waals surface area contributed by atoms with Gasteiger partial charge < -0.3 is 14.0 Å². The number of esters is 2. The summed E-state index contributed by atoms with van der Waals surface area (Å²) < 4.78 is 106. The fourth-order valence-corrected chi connectivity index (χ4v) is 4.63. The van der Waals surface area contributed by atoms with Gasteiger partial charge in [-0.1, -0.05) is 0 Å². The normalized spacial score (nSPS) is 13.6. The maximum absolute atomic E-state index is 13.3. The van der Waals surface area contributed by atoms with Crippen LogP contribution in [0.5, 0.6) is 0 Å². The van der Waals surface area contributed by atoms with Gasteiger partial charge in [0.25, 0.3) is 6.10 Å². The Labute approximate surface area is 207 Å². The zero-order valence-corrected chi connectivity index (χ0v) is 21.4. The van der Waals surface area contributed by atoms with Crippen LogP contribution >= 0.6 is 67.8 Å². The molecule has 0 saturated heterocycles. The molecule has 0 aliphatic heterocycles. The third-order valence-corrected chi connectivity index (χ3v) is 7.71. The molecule has 1 aromatic carbocycles. The molecule has 170 valence electrons. The van der Waals surface area contributed by atoms with Gasteiger partial charge in [0.1, 0.15) is 0 Å². The summed E-state index contributed by atoms with van der Waals surface area (Å²) in [5.74, 6) is -2.63. The van der Waals surface area contributed by atoms with Crippen molar-refractivity contribution in [1.29, 1.82) is 0 Å². The van der Waals surface area contributed by atoms with Gasteiger partial charge >= 0.3 is 23.4 Å². The lowest BCUT2D eigenvalue weighted by Crippen LogP contribution is -2.52. The number of alkyl halides is 5. The van der Waals surface area contributed by atoms with E-state index in [0.29, 0.717) is 3.57 Å². The minimum Gasteiger partial charge on any atom is -0.743 e. The zero-order valence-electron chi connectivity index (χ0n) is 14.1. The van der Waals surface area contributed by atoms with Crippen molar-refractivity contribution in [3.8, 4) is 0 Å². The predicted octanol–water partition coefficient (Wildman–Crippen LogP) is 4.05. The highest BCUT2D eigenvalue weighted by Gasteiger charge is 2.62. The first-order valence-electron chi connectivity index (χ1n) is 7.39. The molecule has 0 radical (unpaired) electrons. The summed E-state index contributed by atoms with van der Waals surface area (Å²) in [5.41, 5.74) is 0.215. The molecule has 0 heterocycles. The number of benzene rings is 1. The van der Waals surface area contributed by atoms with Gasteiger partial charge in [0.2, 0.25) is 0 Å². The third-order valence-electron chi connectivity index (χ3n) is 3.16. The van der Waals surface area contributed by atoms with Gasteiger partial charge in [-0.25, -0.2) is 13.2 Å². The van der Waals surface area contributed by atoms with Crippen molar-refractivity contribution in [2.45, 2.75) is 30.4 Å². The van der Waals surface area contributed by atoms with E-state index in [1.165, 1.54) is 6.07 Å². The smallest absolute Gasteiger partial charge is 0.432 e. The molecule has 16 heteroatoms. The van der Waals surface area contributed by atoms with Crippen LogP contribution in [0.2, 0.25) is 0 Å². The van der Waals surface area contributed by atoms with Gasteiger partial charge in [-0.3, -0.25) is 4.79 Å². The van der Waals surface area contributed by atoms with Gasteiger partial charge in [0, 0.05) is 17.1 Å². The van der Waals surface area contributed by atoms with Crippen LogP contribution in [-0.2, 0) is 24.4 Å². The molecule has 30 heavy (non-hydrogen) atoms. The number of carbonyl (C=O) groups is 2. The van der Waals surface area contributed by atoms with Crippen molar-refractivity contribution in [1.82, 2.24) is 0 Å². The lowest BCUT2D eigenvalue weighted by molar-refractivity contribution is -0.259. The molecule has 0 fully saturated rings. The standard InChI is InChI=1S/C14H10F5I3O7S/c15-13(16,17)12(14(18,19)30(25,26)27)29-9(23)2-1-3-28-11(24)7-4-6(20)5-8(21)10(7)22/h4-5,12H,1-3H2,(H,25,26,27)/p-1. The van der Waals surface area contributed by atoms with Crippen molar-refractivity contribution in [2.24, 2.45) is 0 Å². The van der Waals surface area contributed by atoms with Gasteiger partial charge in [-0.15, -0.1) is 0 Å². The summed E-state index contributed by atoms with van der Waals surface area (Å²) in [6.07, 6.45) is -11.8. The van der Waals surface area contributed by atoms with E-state index in [-0.39, 0.29) is 5.56 Å². The highest BCUT2D eigenvalue weighted by Crippen LogP contribution is 2.38. The summed E-state index contributed by atoms with van der Waals surface area (Å²) in [6.45, 7) is -0.459. The molecule has 0 aromatic heterocycles. The Hall–Kier alpha value is -0.0900. The van der Waals surface area contributed by atoms with Gasteiger partial charge in [-0.2, -0.15) is 22.0 Å². The van der Waals surface area contributed by atoms with Crippen LogP contribution in [0.25, 0.3) is 0 Å². The van der Waals surface area contributed by atoms with Crippen LogP contribution in [0.3, 0.4) is 0 Å². The maximum Gasteiger partial charge on any atom is 0.432 e. The van der Waals surface area contributed by atoms with Crippen molar-refractivity contribution < 1.29 is 54.0 Å². The Morgan fingerprint density at radius 2 is 1.67 bits per heavy atom. The quantitative estimate of drug-likeness (QED) is 0.0977. The number of hydrogen-bond acceptors (Lipinski definition) is 7. The Balaban J connectivity index is 2.69. The molecule has 1 atom stereocenters. The second kappa shape index (κ2) is 10.7. The van der Waals surface area contributed by atoms with Gasteiger partial charge in [-0.05, 0) is 86.3 Å². The first-order chi connectivity index (χ1) is 13.5. The van der Waals surface area contributed by atoms with Crippen LogP contribution in [-0.4, -0.2) is 49.1 Å². The molecule has 1 aromatic rings. The van der Waals surface area contributed by atoms with Crippen molar-refractivity contribution >= 4 is 89.8 Å². The number of hydrogen-bond donors (Lipinski definition) is 0. The average Bonchev–Trinajstić information content (AvgIpc) is 2.57. The minimum absolute atomic E-state index is 0.215. The highest BCUT2D eigenvalue weighted by atomic mass is 127. The molecule has 0 aliphatic carbocycles. The van der Waals surface area contributed by atoms with E-state index >= 15 is 0 Å². The summed E-state index contributed by atoms with van der Waals surface area (Å²) in [7, 11) is -6.76. The van der Waals surface area contributed by atoms with Crippen LogP contribution in [0.15, 0.2) is 12.1 Å². The Morgan fingerprint density at radius 3 is 2.17 bits per heavy atom. The molecule has 1 rings (SSSR count). The molecular formula is C14H9F5I3O7S-. The lowest BCUT2D eigenvalue weighted by Gasteiger charge is -2.29. The predicted molar refractivity (Wildman–Crippen MR) is 115 cm³/mol. The van der Waals surface area contributed by atoms with Crippen LogP contribution in [0.1, 0.15) is 23.2 Å². The van der Waals surface area contributed by atoms with Crippen LogP contribution in [0.4, 0.5) is 22.0 Å². The van der Waals surface area contributed by atoms with E-state index in [4.69, 9.17) is 4.74 Å². The first-order valence-corrected chi connectivity index (χ1v) is 12.0. The molecule has 0 saturated carbocycles. The maximum atomic E-state index is 13.3. The van der Waals surface area contributed by atoms with Crippen LogP contribution in [0, 0.1) is 10.7 Å². The molecule has 0 N–H and O–H groups in total. The average molecular weight is 797 g/mol. The number of halogens is 8. The molecule has 0 spiro atoms. The molecule has 0 amide bonds. The summed E-state index contributed by atoms with van der Waals surface area (Å²) in [5, 5.41) is -5.91. The first kappa shape index (κ1) is 27.9. The molecule has 7 nitrogen and oxygen atoms in total. The number of rotatable bonds is 8. The highest BCUT2D eigenvalue weighted by molar-refractivity contribution is 14.1. The third kappa shape index (κ3) is 7.50. The molecule has 1 unspecified atom stereocenters.